The van der Waals surface area contributed by atoms with E-state index in [-0.39, 0.29) is 17.4 Å². The Morgan fingerprint density at radius 1 is 1.41 bits per heavy atom. The molecule has 94 valence electrons. The van der Waals surface area contributed by atoms with Crippen molar-refractivity contribution in [3.63, 3.8) is 0 Å². The van der Waals surface area contributed by atoms with Gasteiger partial charge in [0.05, 0.1) is 23.6 Å². The molecule has 4 nitrogen and oxygen atoms in total. The van der Waals surface area contributed by atoms with Gasteiger partial charge in [0.2, 0.25) is 0 Å². The molecular weight excluding hydrogens is 267 g/mol. The zero-order valence-corrected chi connectivity index (χ0v) is 10.6. The number of alkyl halides is 1. The zero-order chi connectivity index (χ0) is 12.5. The summed E-state index contributed by atoms with van der Waals surface area (Å²) < 4.78 is 35.6. The number of sulfone groups is 1. The van der Waals surface area contributed by atoms with Crippen molar-refractivity contribution in [3.8, 4) is 0 Å². The summed E-state index contributed by atoms with van der Waals surface area (Å²) in [6, 6.07) is 1.33. The normalized spacial score (nSPS) is 19.3. The molecule has 0 aromatic carbocycles. The Hall–Kier alpha value is -0.880. The Balaban J connectivity index is 2.24. The maximum atomic E-state index is 13.0. The number of aromatic nitrogens is 1. The smallest absolute Gasteiger partial charge is 0.153 e. The fourth-order valence-corrected chi connectivity index (χ4v) is 3.18. The van der Waals surface area contributed by atoms with Crippen LogP contribution in [-0.4, -0.2) is 38.0 Å². The molecule has 7 heteroatoms. The SMILES string of the molecule is O=S1(=O)CCN(c2ncc(F)cc2CCl)CC1. The minimum Gasteiger partial charge on any atom is -0.354 e. The van der Waals surface area contributed by atoms with Gasteiger partial charge in [0.15, 0.2) is 9.84 Å². The van der Waals surface area contributed by atoms with Crippen LogP contribution >= 0.6 is 11.6 Å². The van der Waals surface area contributed by atoms with E-state index in [1.807, 2.05) is 4.90 Å². The second-order valence-corrected chi connectivity index (χ2v) is 6.48. The van der Waals surface area contributed by atoms with Gasteiger partial charge in [-0.1, -0.05) is 0 Å². The summed E-state index contributed by atoms with van der Waals surface area (Å²) >= 11 is 5.73. The van der Waals surface area contributed by atoms with E-state index in [1.54, 1.807) is 0 Å². The van der Waals surface area contributed by atoms with Crippen LogP contribution in [-0.2, 0) is 15.7 Å². The monoisotopic (exact) mass is 278 g/mol. The Bertz CT molecular complexity index is 507. The second kappa shape index (κ2) is 4.78. The van der Waals surface area contributed by atoms with E-state index in [9.17, 15) is 12.8 Å². The molecule has 1 aliphatic rings. The molecule has 0 aliphatic carbocycles. The highest BCUT2D eigenvalue weighted by Gasteiger charge is 2.24. The van der Waals surface area contributed by atoms with Crippen LogP contribution in [0.3, 0.4) is 0 Å². The van der Waals surface area contributed by atoms with Crippen LogP contribution in [0.25, 0.3) is 0 Å². The number of rotatable bonds is 2. The number of hydrogen-bond acceptors (Lipinski definition) is 4. The van der Waals surface area contributed by atoms with Crippen molar-refractivity contribution in [1.82, 2.24) is 4.98 Å². The zero-order valence-electron chi connectivity index (χ0n) is 9.07. The molecule has 17 heavy (non-hydrogen) atoms. The van der Waals surface area contributed by atoms with Crippen LogP contribution in [0.5, 0.6) is 0 Å². The van der Waals surface area contributed by atoms with Crippen molar-refractivity contribution in [2.45, 2.75) is 5.88 Å². The first-order valence-corrected chi connectivity index (χ1v) is 7.53. The van der Waals surface area contributed by atoms with Crippen LogP contribution in [0.15, 0.2) is 12.3 Å². The third-order valence-corrected chi connectivity index (χ3v) is 4.59. The summed E-state index contributed by atoms with van der Waals surface area (Å²) in [7, 11) is -2.93. The Morgan fingerprint density at radius 2 is 2.06 bits per heavy atom. The lowest BCUT2D eigenvalue weighted by molar-refractivity contribution is 0.585. The average Bonchev–Trinajstić information content (AvgIpc) is 2.29. The predicted molar refractivity (Wildman–Crippen MR) is 64.6 cm³/mol. The minimum absolute atomic E-state index is 0.105. The quantitative estimate of drug-likeness (QED) is 0.763. The maximum Gasteiger partial charge on any atom is 0.153 e. The molecule has 0 unspecified atom stereocenters. The van der Waals surface area contributed by atoms with Crippen molar-refractivity contribution >= 4 is 27.3 Å². The highest BCUT2D eigenvalue weighted by Crippen LogP contribution is 2.22. The van der Waals surface area contributed by atoms with Crippen molar-refractivity contribution in [3.05, 3.63) is 23.6 Å². The third-order valence-electron chi connectivity index (χ3n) is 2.70. The van der Waals surface area contributed by atoms with E-state index in [0.717, 1.165) is 6.20 Å². The van der Waals surface area contributed by atoms with E-state index in [4.69, 9.17) is 11.6 Å². The van der Waals surface area contributed by atoms with Crippen LogP contribution in [0, 0.1) is 5.82 Å². The lowest BCUT2D eigenvalue weighted by Gasteiger charge is -2.29. The molecular formula is C10H12ClFN2O2S. The van der Waals surface area contributed by atoms with Crippen molar-refractivity contribution in [2.75, 3.05) is 29.5 Å². The Labute approximate surface area is 104 Å². The third kappa shape index (κ3) is 2.87. The van der Waals surface area contributed by atoms with Gasteiger partial charge in [-0.2, -0.15) is 0 Å². The lowest BCUT2D eigenvalue weighted by Crippen LogP contribution is -2.41. The standard InChI is InChI=1S/C10H12ClFN2O2S/c11-6-8-5-9(12)7-13-10(8)14-1-3-17(15,16)4-2-14/h5,7H,1-4,6H2. The molecule has 1 fully saturated rings. The van der Waals surface area contributed by atoms with Crippen molar-refractivity contribution in [1.29, 1.82) is 0 Å². The fourth-order valence-electron chi connectivity index (χ4n) is 1.78. The first-order chi connectivity index (χ1) is 8.02. The highest BCUT2D eigenvalue weighted by atomic mass is 35.5. The molecule has 0 N–H and O–H groups in total. The summed E-state index contributed by atoms with van der Waals surface area (Å²) in [5.74, 6) is 0.510. The van der Waals surface area contributed by atoms with Gasteiger partial charge in [0.25, 0.3) is 0 Å². The Kier molecular flexibility index (Phi) is 3.53. The summed E-state index contributed by atoms with van der Waals surface area (Å²) in [5.41, 5.74) is 0.589. The second-order valence-electron chi connectivity index (χ2n) is 3.91. The maximum absolute atomic E-state index is 13.0. The molecule has 1 saturated heterocycles. The van der Waals surface area contributed by atoms with Gasteiger partial charge in [0, 0.05) is 18.7 Å². The molecule has 1 aromatic rings. The largest absolute Gasteiger partial charge is 0.354 e. The number of hydrogen-bond donors (Lipinski definition) is 0. The van der Waals surface area contributed by atoms with E-state index >= 15 is 0 Å². The van der Waals surface area contributed by atoms with Crippen LogP contribution < -0.4 is 4.90 Å². The van der Waals surface area contributed by atoms with Crippen LogP contribution in [0.2, 0.25) is 0 Å². The molecule has 0 spiro atoms. The number of anilines is 1. The lowest BCUT2D eigenvalue weighted by atomic mass is 10.2. The summed E-state index contributed by atoms with van der Waals surface area (Å²) in [6.07, 6.45) is 1.12. The fraction of sp³-hybridized carbons (Fsp3) is 0.500. The number of pyridine rings is 1. The molecule has 0 amide bonds. The minimum atomic E-state index is -2.93. The average molecular weight is 279 g/mol. The topological polar surface area (TPSA) is 50.3 Å². The van der Waals surface area contributed by atoms with Gasteiger partial charge >= 0.3 is 0 Å². The van der Waals surface area contributed by atoms with E-state index in [1.165, 1.54) is 6.07 Å². The van der Waals surface area contributed by atoms with Crippen molar-refractivity contribution < 1.29 is 12.8 Å². The number of nitrogens with zero attached hydrogens (tertiary/aromatic N) is 2. The molecule has 2 heterocycles. The summed E-state index contributed by atoms with van der Waals surface area (Å²) in [6.45, 7) is 0.760. The molecule has 1 aromatic heterocycles. The van der Waals surface area contributed by atoms with Gasteiger partial charge in [-0.05, 0) is 6.07 Å². The van der Waals surface area contributed by atoms with Crippen LogP contribution in [0.4, 0.5) is 10.2 Å². The molecule has 2 rings (SSSR count). The van der Waals surface area contributed by atoms with Gasteiger partial charge in [-0.15, -0.1) is 11.6 Å². The van der Waals surface area contributed by atoms with Gasteiger partial charge in [-0.3, -0.25) is 0 Å². The summed E-state index contributed by atoms with van der Waals surface area (Å²) in [5, 5.41) is 0. The van der Waals surface area contributed by atoms with E-state index in [0.29, 0.717) is 24.5 Å². The predicted octanol–water partition coefficient (Wildman–Crippen LogP) is 1.19. The first-order valence-electron chi connectivity index (χ1n) is 5.17. The molecule has 1 aliphatic heterocycles. The Morgan fingerprint density at radius 3 is 2.65 bits per heavy atom. The molecule has 0 bridgehead atoms. The molecule has 0 radical (unpaired) electrons. The molecule has 0 saturated carbocycles. The van der Waals surface area contributed by atoms with E-state index < -0.39 is 15.7 Å². The summed E-state index contributed by atoms with van der Waals surface area (Å²) in [4.78, 5) is 5.82. The highest BCUT2D eigenvalue weighted by molar-refractivity contribution is 7.91. The number of halogens is 2. The van der Waals surface area contributed by atoms with Gasteiger partial charge in [0.1, 0.15) is 11.6 Å². The van der Waals surface area contributed by atoms with Crippen LogP contribution in [0.1, 0.15) is 5.56 Å². The van der Waals surface area contributed by atoms with Gasteiger partial charge < -0.3 is 4.90 Å². The van der Waals surface area contributed by atoms with Gasteiger partial charge in [-0.25, -0.2) is 17.8 Å². The molecule has 0 atom stereocenters. The van der Waals surface area contributed by atoms with E-state index in [2.05, 4.69) is 4.98 Å². The first kappa shape index (κ1) is 12.6. The van der Waals surface area contributed by atoms with Crippen molar-refractivity contribution in [2.24, 2.45) is 0 Å².